The first-order valence-corrected chi connectivity index (χ1v) is 6.33. The van der Waals surface area contributed by atoms with Crippen molar-refractivity contribution in [2.24, 2.45) is 0 Å². The second-order valence-corrected chi connectivity index (χ2v) is 4.86. The van der Waals surface area contributed by atoms with Gasteiger partial charge in [-0.2, -0.15) is 5.26 Å². The van der Waals surface area contributed by atoms with Crippen LogP contribution in [0.3, 0.4) is 0 Å². The molecule has 0 radical (unpaired) electrons. The molecule has 3 nitrogen and oxygen atoms in total. The van der Waals surface area contributed by atoms with Crippen molar-refractivity contribution in [1.29, 1.82) is 5.26 Å². The van der Waals surface area contributed by atoms with E-state index in [2.05, 4.69) is 63.5 Å². The monoisotopic (exact) mass is 301 g/mol. The van der Waals surface area contributed by atoms with Crippen molar-refractivity contribution in [1.82, 2.24) is 4.98 Å². The van der Waals surface area contributed by atoms with Gasteiger partial charge in [0.2, 0.25) is 0 Å². The topological polar surface area (TPSA) is 48.7 Å². The molecule has 90 valence electrons. The van der Waals surface area contributed by atoms with Gasteiger partial charge in [0.05, 0.1) is 10.0 Å². The van der Waals surface area contributed by atoms with Gasteiger partial charge in [0.1, 0.15) is 11.9 Å². The minimum Gasteiger partial charge on any atom is -0.365 e. The van der Waals surface area contributed by atoms with E-state index in [1.807, 2.05) is 0 Å². The normalized spacial score (nSPS) is 9.83. The standard InChI is InChI=1S/C14H12BrN3/c1-10-2-4-11(5-3-10)8-17-14-13(15)6-12(7-16)9-18-14/h2-6,9H,8H2,1H3,(H,17,18). The SMILES string of the molecule is Cc1ccc(CNc2ncc(C#N)cc2Br)cc1. The van der Waals surface area contributed by atoms with E-state index in [4.69, 9.17) is 5.26 Å². The minimum atomic E-state index is 0.544. The van der Waals surface area contributed by atoms with Crippen molar-refractivity contribution in [2.75, 3.05) is 5.32 Å². The zero-order valence-corrected chi connectivity index (χ0v) is 11.5. The molecule has 0 saturated heterocycles. The highest BCUT2D eigenvalue weighted by Gasteiger charge is 2.02. The van der Waals surface area contributed by atoms with Crippen molar-refractivity contribution in [3.8, 4) is 6.07 Å². The summed E-state index contributed by atoms with van der Waals surface area (Å²) in [5.41, 5.74) is 2.98. The van der Waals surface area contributed by atoms with Crippen LogP contribution in [0.2, 0.25) is 0 Å². The average molecular weight is 302 g/mol. The molecule has 0 spiro atoms. The van der Waals surface area contributed by atoms with E-state index < -0.39 is 0 Å². The highest BCUT2D eigenvalue weighted by Crippen LogP contribution is 2.21. The maximum Gasteiger partial charge on any atom is 0.140 e. The molecule has 0 amide bonds. The molecule has 2 rings (SSSR count). The third-order valence-corrected chi connectivity index (χ3v) is 3.16. The summed E-state index contributed by atoms with van der Waals surface area (Å²) in [4.78, 5) is 4.20. The fourth-order valence-corrected chi connectivity index (χ4v) is 2.01. The van der Waals surface area contributed by atoms with Crippen LogP contribution in [0.1, 0.15) is 16.7 Å². The number of nitrogens with one attached hydrogen (secondary N) is 1. The summed E-state index contributed by atoms with van der Waals surface area (Å²) >= 11 is 3.40. The van der Waals surface area contributed by atoms with Gasteiger partial charge in [0.15, 0.2) is 0 Å². The number of hydrogen-bond acceptors (Lipinski definition) is 3. The van der Waals surface area contributed by atoms with Crippen LogP contribution >= 0.6 is 15.9 Å². The lowest BCUT2D eigenvalue weighted by Gasteiger charge is -2.08. The van der Waals surface area contributed by atoms with Gasteiger partial charge in [0, 0.05) is 12.7 Å². The Bertz CT molecular complexity index is 585. The van der Waals surface area contributed by atoms with Gasteiger partial charge >= 0.3 is 0 Å². The second kappa shape index (κ2) is 5.65. The number of aryl methyl sites for hydroxylation is 1. The molecule has 1 heterocycles. The molecule has 2 aromatic rings. The number of nitrogens with zero attached hydrogens (tertiary/aromatic N) is 2. The van der Waals surface area contributed by atoms with Crippen molar-refractivity contribution < 1.29 is 0 Å². The Labute approximate surface area is 115 Å². The molecule has 0 aliphatic carbocycles. The summed E-state index contributed by atoms with van der Waals surface area (Å²) in [7, 11) is 0. The van der Waals surface area contributed by atoms with Crippen LogP contribution in [0.15, 0.2) is 41.0 Å². The molecule has 1 N–H and O–H groups in total. The van der Waals surface area contributed by atoms with Crippen molar-refractivity contribution >= 4 is 21.7 Å². The Kier molecular flexibility index (Phi) is 3.96. The molecule has 0 bridgehead atoms. The van der Waals surface area contributed by atoms with Crippen molar-refractivity contribution in [3.63, 3.8) is 0 Å². The summed E-state index contributed by atoms with van der Waals surface area (Å²) in [6.45, 7) is 2.77. The predicted octanol–water partition coefficient (Wildman–Crippen LogP) is 3.64. The van der Waals surface area contributed by atoms with E-state index >= 15 is 0 Å². The van der Waals surface area contributed by atoms with Gasteiger partial charge in [-0.25, -0.2) is 4.98 Å². The van der Waals surface area contributed by atoms with Crippen LogP contribution in [0, 0.1) is 18.3 Å². The Morgan fingerprint density at radius 3 is 2.67 bits per heavy atom. The maximum atomic E-state index is 8.76. The van der Waals surface area contributed by atoms with Crippen molar-refractivity contribution in [3.05, 3.63) is 57.7 Å². The number of benzene rings is 1. The molecule has 4 heteroatoms. The van der Waals surface area contributed by atoms with Crippen molar-refractivity contribution in [2.45, 2.75) is 13.5 Å². The van der Waals surface area contributed by atoms with Crippen LogP contribution in [0.4, 0.5) is 5.82 Å². The first-order valence-electron chi connectivity index (χ1n) is 5.54. The molecule has 0 atom stereocenters. The number of halogens is 1. The molecule has 0 aliphatic rings. The molecule has 0 saturated carbocycles. The lowest BCUT2D eigenvalue weighted by Crippen LogP contribution is -2.02. The highest BCUT2D eigenvalue weighted by molar-refractivity contribution is 9.10. The molecule has 18 heavy (non-hydrogen) atoms. The zero-order valence-electron chi connectivity index (χ0n) is 9.94. The van der Waals surface area contributed by atoms with Gasteiger partial charge in [-0.15, -0.1) is 0 Å². The van der Waals surface area contributed by atoms with E-state index in [-0.39, 0.29) is 0 Å². The van der Waals surface area contributed by atoms with Gasteiger partial charge in [-0.3, -0.25) is 0 Å². The summed E-state index contributed by atoms with van der Waals surface area (Å²) in [6.07, 6.45) is 1.56. The molecule has 1 aromatic carbocycles. The summed E-state index contributed by atoms with van der Waals surface area (Å²) < 4.78 is 0.800. The fourth-order valence-electron chi connectivity index (χ4n) is 1.52. The van der Waals surface area contributed by atoms with Gasteiger partial charge in [0.25, 0.3) is 0 Å². The van der Waals surface area contributed by atoms with Gasteiger partial charge < -0.3 is 5.32 Å². The largest absolute Gasteiger partial charge is 0.365 e. The van der Waals surface area contributed by atoms with E-state index in [0.29, 0.717) is 12.1 Å². The third-order valence-electron chi connectivity index (χ3n) is 2.55. The van der Waals surface area contributed by atoms with Crippen LogP contribution in [-0.2, 0) is 6.54 Å². The van der Waals surface area contributed by atoms with Gasteiger partial charge in [-0.05, 0) is 34.5 Å². The average Bonchev–Trinajstić information content (AvgIpc) is 2.39. The molecule has 0 aliphatic heterocycles. The second-order valence-electron chi connectivity index (χ2n) is 4.01. The van der Waals surface area contributed by atoms with E-state index in [0.717, 1.165) is 10.3 Å². The Balaban J connectivity index is 2.06. The van der Waals surface area contributed by atoms with Crippen LogP contribution < -0.4 is 5.32 Å². The minimum absolute atomic E-state index is 0.544. The molecule has 0 fully saturated rings. The Morgan fingerprint density at radius 1 is 1.33 bits per heavy atom. The lowest BCUT2D eigenvalue weighted by atomic mass is 10.1. The van der Waals surface area contributed by atoms with Crippen LogP contribution in [0.5, 0.6) is 0 Å². The van der Waals surface area contributed by atoms with Crippen LogP contribution in [0.25, 0.3) is 0 Å². The highest BCUT2D eigenvalue weighted by atomic mass is 79.9. The predicted molar refractivity (Wildman–Crippen MR) is 75.2 cm³/mol. The lowest BCUT2D eigenvalue weighted by molar-refractivity contribution is 1.10. The smallest absolute Gasteiger partial charge is 0.140 e. The number of anilines is 1. The van der Waals surface area contributed by atoms with E-state index in [9.17, 15) is 0 Å². The third kappa shape index (κ3) is 3.08. The number of pyridine rings is 1. The summed E-state index contributed by atoms with van der Waals surface area (Å²) in [5.74, 6) is 0.745. The Hall–Kier alpha value is -1.86. The quantitative estimate of drug-likeness (QED) is 0.941. The van der Waals surface area contributed by atoms with E-state index in [1.54, 1.807) is 12.3 Å². The zero-order chi connectivity index (χ0) is 13.0. The molecular weight excluding hydrogens is 290 g/mol. The molecule has 1 aromatic heterocycles. The van der Waals surface area contributed by atoms with E-state index in [1.165, 1.54) is 11.1 Å². The maximum absolute atomic E-state index is 8.76. The first kappa shape index (κ1) is 12.6. The van der Waals surface area contributed by atoms with Gasteiger partial charge in [-0.1, -0.05) is 29.8 Å². The Morgan fingerprint density at radius 2 is 2.06 bits per heavy atom. The summed E-state index contributed by atoms with van der Waals surface area (Å²) in [5, 5.41) is 12.0. The first-order chi connectivity index (χ1) is 8.69. The number of rotatable bonds is 3. The molecule has 0 unspecified atom stereocenters. The number of hydrogen-bond donors (Lipinski definition) is 1. The number of nitriles is 1. The summed E-state index contributed by atoms with van der Waals surface area (Å²) in [6, 6.07) is 12.1. The van der Waals surface area contributed by atoms with Crippen LogP contribution in [-0.4, -0.2) is 4.98 Å². The fraction of sp³-hybridized carbons (Fsp3) is 0.143. The molecular formula is C14H12BrN3. The number of aromatic nitrogens is 1.